The van der Waals surface area contributed by atoms with E-state index in [0.717, 1.165) is 51.4 Å². The van der Waals surface area contributed by atoms with E-state index in [2.05, 4.69) is 62.5 Å². The lowest BCUT2D eigenvalue weighted by atomic mass is 10.1. The number of aliphatic hydroxyl groups excluding tert-OH is 1. The van der Waals surface area contributed by atoms with Crippen molar-refractivity contribution < 1.29 is 24.2 Å². The number of unbranched alkanes of at least 4 members (excludes halogenated alkanes) is 20. The molecule has 0 spiro atoms. The third-order valence-corrected chi connectivity index (χ3v) is 8.60. The van der Waals surface area contributed by atoms with Crippen LogP contribution in [0.2, 0.25) is 0 Å². The summed E-state index contributed by atoms with van der Waals surface area (Å²) in [6.07, 6.45) is 48.9. The highest BCUT2D eigenvalue weighted by molar-refractivity contribution is 5.70. The molecule has 0 aromatic carbocycles. The maximum absolute atomic E-state index is 12.2. The quantitative estimate of drug-likeness (QED) is 0.0407. The molecule has 0 saturated heterocycles. The van der Waals surface area contributed by atoms with Gasteiger partial charge in [-0.3, -0.25) is 9.59 Å². The highest BCUT2D eigenvalue weighted by Crippen LogP contribution is 2.13. The SMILES string of the molecule is CCCCC/C=C\C/C=C\C/C=C\CCCCC(=O)OC[C@H](CO)OC(=O)CCCCCCCCCCC/C=C\CCCCCCCC. The van der Waals surface area contributed by atoms with Gasteiger partial charge in [0, 0.05) is 12.8 Å². The Labute approximate surface area is 297 Å². The van der Waals surface area contributed by atoms with Gasteiger partial charge >= 0.3 is 11.9 Å². The molecule has 0 aromatic heterocycles. The first-order chi connectivity index (χ1) is 23.6. The van der Waals surface area contributed by atoms with Crippen molar-refractivity contribution in [3.63, 3.8) is 0 Å². The van der Waals surface area contributed by atoms with Gasteiger partial charge in [0.2, 0.25) is 0 Å². The standard InChI is InChI=1S/C43H76O5/c1-3-5-7-9-11-13-15-17-19-20-21-22-24-26-28-30-32-34-36-38-43(46)48-41(39-44)40-47-42(45)37-35-33-31-29-27-25-23-18-16-14-12-10-8-6-4-2/h12,14,17-19,23,27,29,41,44H,3-11,13,15-16,20-22,24-26,28,30-40H2,1-2H3/b14-12-,19-17-,23-18-,29-27-/t41-/m0/s1. The zero-order chi connectivity index (χ0) is 35.0. The second-order valence-electron chi connectivity index (χ2n) is 13.4. The molecule has 0 heterocycles. The normalized spacial score (nSPS) is 12.6. The molecule has 0 amide bonds. The van der Waals surface area contributed by atoms with E-state index in [4.69, 9.17) is 9.47 Å². The van der Waals surface area contributed by atoms with E-state index in [0.29, 0.717) is 12.8 Å². The van der Waals surface area contributed by atoms with Crippen molar-refractivity contribution in [2.24, 2.45) is 0 Å². The first kappa shape index (κ1) is 45.9. The molecular formula is C43H76O5. The molecule has 1 atom stereocenters. The Bertz CT molecular complexity index is 812. The summed E-state index contributed by atoms with van der Waals surface area (Å²) in [5.74, 6) is -0.638. The summed E-state index contributed by atoms with van der Waals surface area (Å²) in [6, 6.07) is 0. The van der Waals surface area contributed by atoms with Gasteiger partial charge in [0.1, 0.15) is 6.61 Å². The molecule has 0 unspecified atom stereocenters. The molecule has 0 rings (SSSR count). The van der Waals surface area contributed by atoms with Crippen molar-refractivity contribution in [3.8, 4) is 0 Å². The van der Waals surface area contributed by atoms with Gasteiger partial charge in [-0.1, -0.05) is 152 Å². The second kappa shape index (κ2) is 39.3. The molecule has 5 heteroatoms. The van der Waals surface area contributed by atoms with Crippen molar-refractivity contribution in [3.05, 3.63) is 48.6 Å². The predicted octanol–water partition coefficient (Wildman–Crippen LogP) is 12.6. The van der Waals surface area contributed by atoms with E-state index in [1.807, 2.05) is 0 Å². The van der Waals surface area contributed by atoms with E-state index in [-0.39, 0.29) is 25.2 Å². The molecule has 1 N–H and O–H groups in total. The van der Waals surface area contributed by atoms with Gasteiger partial charge in [0.05, 0.1) is 6.61 Å². The fraction of sp³-hybridized carbons (Fsp3) is 0.767. The van der Waals surface area contributed by atoms with Gasteiger partial charge in [-0.05, 0) is 77.0 Å². The Morgan fingerprint density at radius 3 is 1.35 bits per heavy atom. The maximum atomic E-state index is 12.2. The molecule has 278 valence electrons. The van der Waals surface area contributed by atoms with Crippen LogP contribution in [-0.2, 0) is 19.1 Å². The van der Waals surface area contributed by atoms with Crippen molar-refractivity contribution in [2.45, 2.75) is 200 Å². The minimum atomic E-state index is -0.787. The summed E-state index contributed by atoms with van der Waals surface area (Å²) in [7, 11) is 0. The van der Waals surface area contributed by atoms with Crippen LogP contribution in [0.25, 0.3) is 0 Å². The highest BCUT2D eigenvalue weighted by Gasteiger charge is 2.16. The molecule has 5 nitrogen and oxygen atoms in total. The summed E-state index contributed by atoms with van der Waals surface area (Å²) in [4.78, 5) is 24.2. The molecule has 0 fully saturated rings. The van der Waals surface area contributed by atoms with Gasteiger partial charge in [0.25, 0.3) is 0 Å². The van der Waals surface area contributed by atoms with Crippen LogP contribution in [-0.4, -0.2) is 36.4 Å². The second-order valence-corrected chi connectivity index (χ2v) is 13.4. The predicted molar refractivity (Wildman–Crippen MR) is 205 cm³/mol. The van der Waals surface area contributed by atoms with Crippen LogP contribution in [0.5, 0.6) is 0 Å². The Morgan fingerprint density at radius 1 is 0.479 bits per heavy atom. The molecule has 0 saturated carbocycles. The minimum Gasteiger partial charge on any atom is -0.462 e. The molecule has 48 heavy (non-hydrogen) atoms. The minimum absolute atomic E-state index is 0.0866. The fourth-order valence-corrected chi connectivity index (χ4v) is 5.50. The van der Waals surface area contributed by atoms with E-state index in [1.54, 1.807) is 0 Å². The van der Waals surface area contributed by atoms with E-state index in [1.165, 1.54) is 116 Å². The van der Waals surface area contributed by atoms with Crippen LogP contribution in [0, 0.1) is 0 Å². The van der Waals surface area contributed by atoms with Crippen LogP contribution in [0.3, 0.4) is 0 Å². The largest absolute Gasteiger partial charge is 0.462 e. The van der Waals surface area contributed by atoms with Crippen molar-refractivity contribution in [2.75, 3.05) is 13.2 Å². The first-order valence-corrected chi connectivity index (χ1v) is 20.2. The summed E-state index contributed by atoms with van der Waals surface area (Å²) in [5, 5.41) is 9.55. The number of esters is 2. The Hall–Kier alpha value is -2.14. The van der Waals surface area contributed by atoms with Crippen molar-refractivity contribution >= 4 is 11.9 Å². The van der Waals surface area contributed by atoms with Crippen LogP contribution in [0.1, 0.15) is 194 Å². The van der Waals surface area contributed by atoms with E-state index >= 15 is 0 Å². The monoisotopic (exact) mass is 673 g/mol. The number of hydrogen-bond acceptors (Lipinski definition) is 5. The number of allylic oxidation sites excluding steroid dienone is 8. The number of hydrogen-bond donors (Lipinski definition) is 1. The third kappa shape index (κ3) is 36.7. The average molecular weight is 673 g/mol. The molecule has 0 aliphatic rings. The molecule has 0 aromatic rings. The number of carbonyl (C=O) groups is 2. The number of ether oxygens (including phenoxy) is 2. The third-order valence-electron chi connectivity index (χ3n) is 8.60. The van der Waals surface area contributed by atoms with Crippen molar-refractivity contribution in [1.82, 2.24) is 0 Å². The topological polar surface area (TPSA) is 72.8 Å². The van der Waals surface area contributed by atoms with Gasteiger partial charge in [-0.25, -0.2) is 0 Å². The number of aliphatic hydroxyl groups is 1. The van der Waals surface area contributed by atoms with Crippen LogP contribution >= 0.6 is 0 Å². The Balaban J connectivity index is 3.60. The van der Waals surface area contributed by atoms with Crippen molar-refractivity contribution in [1.29, 1.82) is 0 Å². The van der Waals surface area contributed by atoms with Gasteiger partial charge in [0.15, 0.2) is 6.10 Å². The summed E-state index contributed by atoms with van der Waals surface area (Å²) >= 11 is 0. The molecule has 0 aliphatic carbocycles. The van der Waals surface area contributed by atoms with Crippen LogP contribution in [0.15, 0.2) is 48.6 Å². The fourth-order valence-electron chi connectivity index (χ4n) is 5.50. The lowest BCUT2D eigenvalue weighted by molar-refractivity contribution is -0.161. The van der Waals surface area contributed by atoms with Gasteiger partial charge < -0.3 is 14.6 Å². The molecule has 0 radical (unpaired) electrons. The van der Waals surface area contributed by atoms with Crippen LogP contribution in [0.4, 0.5) is 0 Å². The zero-order valence-corrected chi connectivity index (χ0v) is 31.5. The lowest BCUT2D eigenvalue weighted by Crippen LogP contribution is -2.28. The Kier molecular flexibility index (Phi) is 37.5. The van der Waals surface area contributed by atoms with E-state index in [9.17, 15) is 14.7 Å². The first-order valence-electron chi connectivity index (χ1n) is 20.2. The number of rotatable bonds is 36. The number of carbonyl (C=O) groups excluding carboxylic acids is 2. The lowest BCUT2D eigenvalue weighted by Gasteiger charge is -2.15. The highest BCUT2D eigenvalue weighted by atomic mass is 16.6. The summed E-state index contributed by atoms with van der Waals surface area (Å²) < 4.78 is 10.6. The molecular weight excluding hydrogens is 596 g/mol. The Morgan fingerprint density at radius 2 is 0.833 bits per heavy atom. The van der Waals surface area contributed by atoms with Crippen LogP contribution < -0.4 is 0 Å². The summed E-state index contributed by atoms with van der Waals surface area (Å²) in [5.41, 5.74) is 0. The smallest absolute Gasteiger partial charge is 0.306 e. The summed E-state index contributed by atoms with van der Waals surface area (Å²) in [6.45, 7) is 4.07. The van der Waals surface area contributed by atoms with Gasteiger partial charge in [-0.15, -0.1) is 0 Å². The van der Waals surface area contributed by atoms with E-state index < -0.39 is 6.10 Å². The molecule has 0 aliphatic heterocycles. The van der Waals surface area contributed by atoms with Gasteiger partial charge in [-0.2, -0.15) is 0 Å². The zero-order valence-electron chi connectivity index (χ0n) is 31.5. The average Bonchev–Trinajstić information content (AvgIpc) is 3.09. The molecule has 0 bridgehead atoms. The maximum Gasteiger partial charge on any atom is 0.306 e.